The lowest BCUT2D eigenvalue weighted by Gasteiger charge is -2.29. The number of nitrogens with zero attached hydrogens (tertiary/aromatic N) is 2. The standard InChI is InChI=1S/C81H76N2/c1-77(2,3)57-31-35-61(36-32-57)82(59-19-15-13-16-20-59)63-39-45-69-67-43-29-55(49-73(67)80(9,10)75(69)51-63)25-23-53-27-41-65-66-42-28-54(48-72(66)79(7,8)71(65)47-53)24-26-56-30-44-68-70-46-40-64(52-76(70)81(11,12)74(68)50-56)83(60-21-17-14-18-22-60)62-37-33-58(34-38-62)78(4,5)6/h13-52H,1-12H3. The third-order valence-corrected chi connectivity index (χ3v) is 18.6. The van der Waals surface area contributed by atoms with Crippen LogP contribution in [-0.2, 0) is 27.1 Å². The zero-order chi connectivity index (χ0) is 57.8. The van der Waals surface area contributed by atoms with Crippen LogP contribution >= 0.6 is 0 Å². The average molecular weight is 1080 g/mol. The molecule has 0 saturated heterocycles. The molecular weight excluding hydrogens is 1000 g/mol. The van der Waals surface area contributed by atoms with Crippen molar-refractivity contribution in [1.82, 2.24) is 0 Å². The monoisotopic (exact) mass is 1080 g/mol. The number of anilines is 6. The maximum Gasteiger partial charge on any atom is 0.0465 e. The van der Waals surface area contributed by atoms with E-state index in [1.165, 1.54) is 112 Å². The quantitative estimate of drug-likeness (QED) is 0.126. The summed E-state index contributed by atoms with van der Waals surface area (Å²) in [4.78, 5) is 4.79. The lowest BCUT2D eigenvalue weighted by molar-refractivity contribution is 0.590. The Hall–Kier alpha value is -8.72. The fraction of sp³-hybridized carbons (Fsp3) is 0.210. The Morgan fingerprint density at radius 2 is 0.482 bits per heavy atom. The average Bonchev–Trinajstić information content (AvgIpc) is 3.65. The van der Waals surface area contributed by atoms with E-state index in [1.54, 1.807) is 0 Å². The minimum Gasteiger partial charge on any atom is -0.310 e. The van der Waals surface area contributed by atoms with E-state index in [2.05, 4.69) is 336 Å². The van der Waals surface area contributed by atoms with E-state index in [9.17, 15) is 0 Å². The molecule has 2 heteroatoms. The van der Waals surface area contributed by atoms with Gasteiger partial charge in [0.2, 0.25) is 0 Å². The van der Waals surface area contributed by atoms with Crippen LogP contribution in [0.1, 0.15) is 150 Å². The smallest absolute Gasteiger partial charge is 0.0465 e. The maximum absolute atomic E-state index is 2.43. The molecule has 0 aromatic heterocycles. The van der Waals surface area contributed by atoms with Crippen LogP contribution in [0.2, 0.25) is 0 Å². The van der Waals surface area contributed by atoms with Crippen molar-refractivity contribution in [3.8, 4) is 33.4 Å². The largest absolute Gasteiger partial charge is 0.310 e. The highest BCUT2D eigenvalue weighted by atomic mass is 15.1. The summed E-state index contributed by atoms with van der Waals surface area (Å²) in [5.41, 5.74) is 30.3. The van der Waals surface area contributed by atoms with Crippen molar-refractivity contribution in [3.05, 3.63) is 285 Å². The summed E-state index contributed by atoms with van der Waals surface area (Å²) >= 11 is 0. The van der Waals surface area contributed by atoms with Crippen LogP contribution in [0.25, 0.3) is 57.7 Å². The van der Waals surface area contributed by atoms with Gasteiger partial charge in [-0.2, -0.15) is 0 Å². The molecule has 0 aliphatic heterocycles. The van der Waals surface area contributed by atoms with Crippen LogP contribution in [0.3, 0.4) is 0 Å². The second-order valence-corrected chi connectivity index (χ2v) is 27.2. The fourth-order valence-corrected chi connectivity index (χ4v) is 13.6. The lowest BCUT2D eigenvalue weighted by Crippen LogP contribution is -2.17. The SMILES string of the molecule is CC(C)(C)c1ccc(N(c2ccccc2)c2ccc3c(c2)C(C)(C)c2cc(C=Cc4ccc5c(c4)C(C)(C)c4cc(C=Cc6ccc7c(c6)C(C)(C)c6cc(N(c8ccccc8)c8ccc(C(C)(C)C)cc8)ccc6-7)ccc4-5)ccc2-3)cc1. The number of rotatable bonds is 10. The molecule has 0 bridgehead atoms. The highest BCUT2D eigenvalue weighted by Crippen LogP contribution is 2.54. The van der Waals surface area contributed by atoms with E-state index in [4.69, 9.17) is 0 Å². The summed E-state index contributed by atoms with van der Waals surface area (Å²) in [5, 5.41) is 0. The molecule has 0 amide bonds. The molecule has 410 valence electrons. The third kappa shape index (κ3) is 9.38. The summed E-state index contributed by atoms with van der Waals surface area (Å²) in [7, 11) is 0. The van der Waals surface area contributed by atoms with Gasteiger partial charge in [0.15, 0.2) is 0 Å². The molecule has 83 heavy (non-hydrogen) atoms. The van der Waals surface area contributed by atoms with Gasteiger partial charge in [-0.05, 0) is 184 Å². The molecule has 0 radical (unpaired) electrons. The van der Waals surface area contributed by atoms with Crippen LogP contribution in [-0.4, -0.2) is 0 Å². The summed E-state index contributed by atoms with van der Waals surface area (Å²) < 4.78 is 0. The molecule has 0 N–H and O–H groups in total. The highest BCUT2D eigenvalue weighted by Gasteiger charge is 2.39. The van der Waals surface area contributed by atoms with E-state index in [-0.39, 0.29) is 27.1 Å². The van der Waals surface area contributed by atoms with E-state index >= 15 is 0 Å². The molecule has 3 aliphatic rings. The first-order valence-corrected chi connectivity index (χ1v) is 29.8. The number of hydrogen-bond acceptors (Lipinski definition) is 2. The molecule has 10 aromatic rings. The molecule has 0 atom stereocenters. The van der Waals surface area contributed by atoms with E-state index in [1.807, 2.05) is 0 Å². The van der Waals surface area contributed by atoms with E-state index < -0.39 is 0 Å². The molecular formula is C81H76N2. The van der Waals surface area contributed by atoms with Gasteiger partial charge in [-0.3, -0.25) is 0 Å². The zero-order valence-electron chi connectivity index (χ0n) is 50.5. The van der Waals surface area contributed by atoms with Crippen LogP contribution in [0, 0.1) is 0 Å². The predicted octanol–water partition coefficient (Wildman–Crippen LogP) is 22.5. The summed E-state index contributed by atoms with van der Waals surface area (Å²) in [6, 6.07) is 82.0. The Morgan fingerprint density at radius 1 is 0.253 bits per heavy atom. The summed E-state index contributed by atoms with van der Waals surface area (Å²) in [5.74, 6) is 0. The van der Waals surface area contributed by atoms with E-state index in [0.717, 1.165) is 22.7 Å². The van der Waals surface area contributed by atoms with Crippen LogP contribution < -0.4 is 9.80 Å². The van der Waals surface area contributed by atoms with Gasteiger partial charge in [-0.15, -0.1) is 0 Å². The molecule has 10 aromatic carbocycles. The van der Waals surface area contributed by atoms with Gasteiger partial charge in [-0.1, -0.05) is 253 Å². The van der Waals surface area contributed by atoms with Crippen LogP contribution in [0.5, 0.6) is 0 Å². The molecule has 13 rings (SSSR count). The third-order valence-electron chi connectivity index (χ3n) is 18.6. The van der Waals surface area contributed by atoms with Crippen molar-refractivity contribution in [2.24, 2.45) is 0 Å². The molecule has 0 spiro atoms. The first-order valence-electron chi connectivity index (χ1n) is 29.8. The van der Waals surface area contributed by atoms with E-state index in [0.29, 0.717) is 0 Å². The normalized spacial score (nSPS) is 14.9. The Kier molecular flexibility index (Phi) is 12.7. The first-order chi connectivity index (χ1) is 39.6. The first kappa shape index (κ1) is 53.6. The van der Waals surface area contributed by atoms with Gasteiger partial charge >= 0.3 is 0 Å². The van der Waals surface area contributed by atoms with Crippen molar-refractivity contribution in [2.75, 3.05) is 9.80 Å². The number of para-hydroxylation sites is 2. The Balaban J connectivity index is 0.724. The number of hydrogen-bond donors (Lipinski definition) is 0. The highest BCUT2D eigenvalue weighted by molar-refractivity contribution is 5.90. The minimum absolute atomic E-state index is 0.0876. The van der Waals surface area contributed by atoms with Crippen LogP contribution in [0.4, 0.5) is 34.1 Å². The molecule has 2 nitrogen and oxygen atoms in total. The zero-order valence-corrected chi connectivity index (χ0v) is 50.5. The lowest BCUT2D eigenvalue weighted by atomic mass is 9.81. The molecule has 0 heterocycles. The van der Waals surface area contributed by atoms with Gasteiger partial charge in [0.1, 0.15) is 0 Å². The van der Waals surface area contributed by atoms with Crippen molar-refractivity contribution < 1.29 is 0 Å². The van der Waals surface area contributed by atoms with Gasteiger partial charge in [-0.25, -0.2) is 0 Å². The van der Waals surface area contributed by atoms with Crippen LogP contribution in [0.15, 0.2) is 218 Å². The fourth-order valence-electron chi connectivity index (χ4n) is 13.6. The van der Waals surface area contributed by atoms with Gasteiger partial charge in [0.05, 0.1) is 0 Å². The van der Waals surface area contributed by atoms with Crippen molar-refractivity contribution in [3.63, 3.8) is 0 Å². The topological polar surface area (TPSA) is 6.48 Å². The summed E-state index contributed by atoms with van der Waals surface area (Å²) in [6.07, 6.45) is 9.19. The Bertz CT molecular complexity index is 3940. The molecule has 0 fully saturated rings. The van der Waals surface area contributed by atoms with Gasteiger partial charge in [0, 0.05) is 50.4 Å². The van der Waals surface area contributed by atoms with Gasteiger partial charge < -0.3 is 9.80 Å². The summed E-state index contributed by atoms with van der Waals surface area (Å²) in [6.45, 7) is 28.0. The Morgan fingerprint density at radius 3 is 0.747 bits per heavy atom. The second-order valence-electron chi connectivity index (χ2n) is 27.2. The molecule has 0 saturated carbocycles. The number of fused-ring (bicyclic) bond motifs is 9. The maximum atomic E-state index is 2.43. The van der Waals surface area contributed by atoms with Gasteiger partial charge in [0.25, 0.3) is 0 Å². The second kappa shape index (κ2) is 19.7. The predicted molar refractivity (Wildman–Crippen MR) is 357 cm³/mol. The van der Waals surface area contributed by atoms with Crippen molar-refractivity contribution >= 4 is 58.4 Å². The van der Waals surface area contributed by atoms with Crippen molar-refractivity contribution in [1.29, 1.82) is 0 Å². The molecule has 3 aliphatic carbocycles. The molecule has 0 unspecified atom stereocenters. The van der Waals surface area contributed by atoms with Crippen molar-refractivity contribution in [2.45, 2.75) is 110 Å². The minimum atomic E-state index is -0.177. The Labute approximate surface area is 494 Å². The number of benzene rings is 10.